The van der Waals surface area contributed by atoms with Gasteiger partial charge in [0.15, 0.2) is 0 Å². The molecule has 1 aromatic carbocycles. The third kappa shape index (κ3) is 2.38. The van der Waals surface area contributed by atoms with Crippen LogP contribution in [0, 0.1) is 5.41 Å². The predicted octanol–water partition coefficient (Wildman–Crippen LogP) is 2.77. The summed E-state index contributed by atoms with van der Waals surface area (Å²) in [7, 11) is 0. The monoisotopic (exact) mass is 270 g/mol. The second-order valence-corrected chi connectivity index (χ2v) is 4.94. The average Bonchev–Trinajstić information content (AvgIpc) is 2.83. The molecule has 0 bridgehead atoms. The van der Waals surface area contributed by atoms with E-state index in [9.17, 15) is 0 Å². The van der Waals surface area contributed by atoms with Crippen LogP contribution in [-0.2, 0) is 0 Å². The van der Waals surface area contributed by atoms with E-state index in [4.69, 9.17) is 15.9 Å². The Labute approximate surface area is 113 Å². The molecule has 2 heterocycles. The van der Waals surface area contributed by atoms with Crippen LogP contribution in [0.15, 0.2) is 42.7 Å². The van der Waals surface area contributed by atoms with Gasteiger partial charge in [-0.3, -0.25) is 5.41 Å². The van der Waals surface area contributed by atoms with Gasteiger partial charge in [0.05, 0.1) is 4.88 Å². The Bertz CT molecular complexity index is 739. The molecule has 0 radical (unpaired) electrons. The zero-order chi connectivity index (χ0) is 13.2. The lowest BCUT2D eigenvalue weighted by atomic mass is 10.2. The standard InChI is InChI=1S/C13H10N4OS/c14-12(15)11-6-8-2-3-9(7-10(8)19-11)18-13-16-4-1-5-17-13/h1-7H,(H3,14,15). The first-order valence-electron chi connectivity index (χ1n) is 5.55. The van der Waals surface area contributed by atoms with E-state index in [0.29, 0.717) is 11.8 Å². The lowest BCUT2D eigenvalue weighted by molar-refractivity contribution is 0.442. The van der Waals surface area contributed by atoms with Crippen LogP contribution in [0.5, 0.6) is 11.8 Å². The first-order chi connectivity index (χ1) is 9.22. The van der Waals surface area contributed by atoms with Crippen LogP contribution in [-0.4, -0.2) is 15.8 Å². The Morgan fingerprint density at radius 3 is 2.74 bits per heavy atom. The zero-order valence-electron chi connectivity index (χ0n) is 9.83. The Hall–Kier alpha value is -2.47. The first kappa shape index (κ1) is 11.6. The van der Waals surface area contributed by atoms with Gasteiger partial charge in [0, 0.05) is 17.1 Å². The van der Waals surface area contributed by atoms with Gasteiger partial charge in [0.1, 0.15) is 11.6 Å². The molecule has 0 fully saturated rings. The molecule has 3 rings (SSSR count). The topological polar surface area (TPSA) is 84.9 Å². The number of benzene rings is 1. The van der Waals surface area contributed by atoms with Gasteiger partial charge in [-0.05, 0) is 35.7 Å². The van der Waals surface area contributed by atoms with Crippen LogP contribution in [0.25, 0.3) is 10.1 Å². The van der Waals surface area contributed by atoms with Crippen molar-refractivity contribution in [2.75, 3.05) is 0 Å². The fourth-order valence-corrected chi connectivity index (χ4v) is 2.60. The Kier molecular flexibility index (Phi) is 2.85. The maximum Gasteiger partial charge on any atom is 0.321 e. The van der Waals surface area contributed by atoms with Crippen LogP contribution in [0.1, 0.15) is 4.88 Å². The summed E-state index contributed by atoms with van der Waals surface area (Å²) >= 11 is 1.46. The molecule has 5 nitrogen and oxygen atoms in total. The highest BCUT2D eigenvalue weighted by Crippen LogP contribution is 2.30. The molecule has 6 heteroatoms. The zero-order valence-corrected chi connectivity index (χ0v) is 10.6. The molecule has 94 valence electrons. The number of hydrogen-bond donors (Lipinski definition) is 2. The van der Waals surface area contributed by atoms with Gasteiger partial charge in [-0.25, -0.2) is 9.97 Å². The largest absolute Gasteiger partial charge is 0.424 e. The molecule has 3 N–H and O–H groups in total. The molecule has 3 aromatic rings. The summed E-state index contributed by atoms with van der Waals surface area (Å²) in [5.41, 5.74) is 5.48. The number of nitrogen functional groups attached to an aromatic ring is 1. The summed E-state index contributed by atoms with van der Waals surface area (Å²) in [6.45, 7) is 0. The number of nitrogens with two attached hydrogens (primary N) is 1. The highest BCUT2D eigenvalue weighted by molar-refractivity contribution is 7.20. The Morgan fingerprint density at radius 2 is 2.00 bits per heavy atom. The molecule has 0 unspecified atom stereocenters. The van der Waals surface area contributed by atoms with Gasteiger partial charge in [0.25, 0.3) is 0 Å². The van der Waals surface area contributed by atoms with Gasteiger partial charge in [-0.15, -0.1) is 11.3 Å². The fraction of sp³-hybridized carbons (Fsp3) is 0. The van der Waals surface area contributed by atoms with E-state index >= 15 is 0 Å². The molecule has 19 heavy (non-hydrogen) atoms. The predicted molar refractivity (Wildman–Crippen MR) is 74.9 cm³/mol. The van der Waals surface area contributed by atoms with Gasteiger partial charge >= 0.3 is 6.01 Å². The minimum atomic E-state index is 0.0788. The van der Waals surface area contributed by atoms with Gasteiger partial charge in [-0.1, -0.05) is 0 Å². The first-order valence-corrected chi connectivity index (χ1v) is 6.37. The highest BCUT2D eigenvalue weighted by atomic mass is 32.1. The van der Waals surface area contributed by atoms with Crippen molar-refractivity contribution in [3.8, 4) is 11.8 Å². The van der Waals surface area contributed by atoms with E-state index in [1.807, 2.05) is 24.3 Å². The molecule has 0 spiro atoms. The summed E-state index contributed by atoms with van der Waals surface area (Å²) in [5.74, 6) is 0.741. The van der Waals surface area contributed by atoms with E-state index in [1.54, 1.807) is 18.5 Å². The lowest BCUT2D eigenvalue weighted by Crippen LogP contribution is -2.08. The number of aromatic nitrogens is 2. The Balaban J connectivity index is 1.95. The van der Waals surface area contributed by atoms with Crippen molar-refractivity contribution in [3.05, 3.63) is 47.6 Å². The summed E-state index contributed by atoms with van der Waals surface area (Å²) in [6, 6.07) is 9.60. The van der Waals surface area contributed by atoms with Crippen molar-refractivity contribution in [1.82, 2.24) is 9.97 Å². The molecule has 2 aromatic heterocycles. The van der Waals surface area contributed by atoms with E-state index in [0.717, 1.165) is 15.0 Å². The van der Waals surface area contributed by atoms with Crippen molar-refractivity contribution in [3.63, 3.8) is 0 Å². The summed E-state index contributed by atoms with van der Waals surface area (Å²) < 4.78 is 6.57. The molecular formula is C13H10N4OS. The van der Waals surface area contributed by atoms with Crippen molar-refractivity contribution in [2.45, 2.75) is 0 Å². The molecule has 0 aliphatic carbocycles. The van der Waals surface area contributed by atoms with Crippen LogP contribution in [0.2, 0.25) is 0 Å². The minimum Gasteiger partial charge on any atom is -0.424 e. The van der Waals surface area contributed by atoms with Crippen molar-refractivity contribution in [2.24, 2.45) is 5.73 Å². The number of thiophene rings is 1. The maximum absolute atomic E-state index is 7.44. The fourth-order valence-electron chi connectivity index (χ4n) is 1.65. The number of amidine groups is 1. The number of hydrogen-bond acceptors (Lipinski definition) is 5. The average molecular weight is 270 g/mol. The normalized spacial score (nSPS) is 10.5. The maximum atomic E-state index is 7.44. The van der Waals surface area contributed by atoms with E-state index in [2.05, 4.69) is 9.97 Å². The van der Waals surface area contributed by atoms with Gasteiger partial charge in [0.2, 0.25) is 0 Å². The molecule has 0 amide bonds. The van der Waals surface area contributed by atoms with E-state index in [1.165, 1.54) is 11.3 Å². The molecular weight excluding hydrogens is 260 g/mol. The molecule has 0 atom stereocenters. The van der Waals surface area contributed by atoms with Crippen molar-refractivity contribution < 1.29 is 4.74 Å². The van der Waals surface area contributed by atoms with Crippen LogP contribution in [0.4, 0.5) is 0 Å². The van der Waals surface area contributed by atoms with Crippen molar-refractivity contribution >= 4 is 27.3 Å². The minimum absolute atomic E-state index is 0.0788. The third-order valence-corrected chi connectivity index (χ3v) is 3.64. The van der Waals surface area contributed by atoms with Crippen LogP contribution in [0.3, 0.4) is 0 Å². The SMILES string of the molecule is N=C(N)c1cc2ccc(Oc3ncccn3)cc2s1. The molecule has 0 saturated carbocycles. The number of nitrogens with one attached hydrogen (secondary N) is 1. The summed E-state index contributed by atoms with van der Waals surface area (Å²) in [4.78, 5) is 8.76. The van der Waals surface area contributed by atoms with Crippen LogP contribution >= 0.6 is 11.3 Å². The van der Waals surface area contributed by atoms with E-state index in [-0.39, 0.29) is 5.84 Å². The van der Waals surface area contributed by atoms with E-state index < -0.39 is 0 Å². The number of fused-ring (bicyclic) bond motifs is 1. The van der Waals surface area contributed by atoms with Gasteiger partial charge in [-0.2, -0.15) is 0 Å². The quantitative estimate of drug-likeness (QED) is 0.566. The number of ether oxygens (including phenoxy) is 1. The summed E-state index contributed by atoms with van der Waals surface area (Å²) in [5, 5.41) is 8.48. The smallest absolute Gasteiger partial charge is 0.321 e. The third-order valence-electron chi connectivity index (χ3n) is 2.51. The van der Waals surface area contributed by atoms with Gasteiger partial charge < -0.3 is 10.5 Å². The second kappa shape index (κ2) is 4.66. The molecule has 0 aliphatic heterocycles. The second-order valence-electron chi connectivity index (χ2n) is 3.86. The van der Waals surface area contributed by atoms with Crippen LogP contribution < -0.4 is 10.5 Å². The lowest BCUT2D eigenvalue weighted by Gasteiger charge is -2.02. The number of nitrogens with zero attached hydrogens (tertiary/aromatic N) is 2. The molecule has 0 aliphatic rings. The van der Waals surface area contributed by atoms with Crippen molar-refractivity contribution in [1.29, 1.82) is 5.41 Å². The molecule has 0 saturated heterocycles. The Morgan fingerprint density at radius 1 is 1.21 bits per heavy atom. The number of rotatable bonds is 3. The highest BCUT2D eigenvalue weighted by Gasteiger charge is 2.06. The summed E-state index contributed by atoms with van der Waals surface area (Å²) in [6.07, 6.45) is 3.25.